The first-order chi connectivity index (χ1) is 27.7. The molecule has 0 atom stereocenters. The first-order valence-corrected chi connectivity index (χ1v) is 19.5. The van der Waals surface area contributed by atoms with Gasteiger partial charge in [-0.05, 0) is 79.3 Å². The molecule has 2 bridgehead atoms. The van der Waals surface area contributed by atoms with E-state index >= 15 is 0 Å². The molecule has 0 radical (unpaired) electrons. The fourth-order valence-electron chi connectivity index (χ4n) is 9.19. The average Bonchev–Trinajstić information content (AvgIpc) is 4.01. The molecule has 0 unspecified atom stereocenters. The number of aromatic nitrogens is 5. The summed E-state index contributed by atoms with van der Waals surface area (Å²) in [5.41, 5.74) is 10.9. The van der Waals surface area contributed by atoms with Crippen molar-refractivity contribution in [2.45, 2.75) is 37.5 Å². The summed E-state index contributed by atoms with van der Waals surface area (Å²) in [7, 11) is 0. The van der Waals surface area contributed by atoms with Crippen LogP contribution in [-0.2, 0) is 5.41 Å². The van der Waals surface area contributed by atoms with E-state index in [1.54, 1.807) is 0 Å². The lowest BCUT2D eigenvalue weighted by Crippen LogP contribution is -2.19. The molecule has 56 heavy (non-hydrogen) atoms. The Hall–Kier alpha value is -6.79. The summed E-state index contributed by atoms with van der Waals surface area (Å²) >= 11 is 0. The van der Waals surface area contributed by atoms with E-state index in [4.69, 9.17) is 29.3 Å². The lowest BCUT2D eigenvalue weighted by Gasteiger charge is -2.27. The third-order valence-corrected chi connectivity index (χ3v) is 12.0. The van der Waals surface area contributed by atoms with Crippen LogP contribution < -0.4 is 0 Å². The van der Waals surface area contributed by atoms with Crippen LogP contribution in [0.5, 0.6) is 0 Å². The fourth-order valence-corrected chi connectivity index (χ4v) is 9.19. The van der Waals surface area contributed by atoms with Gasteiger partial charge < -0.3 is 4.42 Å². The summed E-state index contributed by atoms with van der Waals surface area (Å²) in [6.07, 6.45) is 6.59. The zero-order chi connectivity index (χ0) is 37.1. The van der Waals surface area contributed by atoms with Crippen LogP contribution in [-0.4, -0.2) is 24.9 Å². The zero-order valence-corrected chi connectivity index (χ0v) is 30.8. The lowest BCUT2D eigenvalue weighted by atomic mass is 9.77. The summed E-state index contributed by atoms with van der Waals surface area (Å²) in [5.74, 6) is 3.35. The Labute approximate surface area is 325 Å². The Bertz CT molecular complexity index is 2910. The first kappa shape index (κ1) is 32.6. The maximum atomic E-state index is 6.25. The molecule has 6 heteroatoms. The lowest BCUT2D eigenvalue weighted by molar-refractivity contribution is 0.419. The topological polar surface area (TPSA) is 77.6 Å². The predicted octanol–water partition coefficient (Wildman–Crippen LogP) is 12.4. The van der Waals surface area contributed by atoms with E-state index in [2.05, 4.69) is 78.9 Å². The van der Waals surface area contributed by atoms with Crippen molar-refractivity contribution < 1.29 is 4.42 Å². The third-order valence-electron chi connectivity index (χ3n) is 12.0. The largest absolute Gasteiger partial charge is 0.456 e. The van der Waals surface area contributed by atoms with Crippen LogP contribution in [0.1, 0.15) is 37.7 Å². The van der Waals surface area contributed by atoms with E-state index in [0.717, 1.165) is 72.6 Å². The Morgan fingerprint density at radius 2 is 1.00 bits per heavy atom. The maximum absolute atomic E-state index is 6.25. The van der Waals surface area contributed by atoms with Gasteiger partial charge in [-0.25, -0.2) is 24.9 Å². The Morgan fingerprint density at radius 1 is 0.446 bits per heavy atom. The number of rotatable bonds is 7. The monoisotopic (exact) mass is 723 g/mol. The van der Waals surface area contributed by atoms with Gasteiger partial charge >= 0.3 is 0 Å². The Morgan fingerprint density at radius 3 is 1.71 bits per heavy atom. The van der Waals surface area contributed by atoms with E-state index in [9.17, 15) is 0 Å². The molecule has 0 spiro atoms. The summed E-state index contributed by atoms with van der Waals surface area (Å²) in [5, 5.41) is 2.01. The molecule has 2 fully saturated rings. The standard InChI is InChI=1S/C50H37N5O/c1-3-12-33(13-4-1)46-51-41(30-42(52-46)36-17-10-19-38(29-36)50-26-24-32(31-50)25-27-50)35-16-9-18-37(28-35)48-53-47(34-14-5-2-6-15-34)54-49(55-48)40-21-11-23-44-45(40)39-20-7-8-22-43(39)56-44/h1-23,28-30,32H,24-27,31H2. The van der Waals surface area contributed by atoms with E-state index in [1.165, 1.54) is 37.7 Å². The second-order valence-corrected chi connectivity index (χ2v) is 15.4. The van der Waals surface area contributed by atoms with Gasteiger partial charge in [0.15, 0.2) is 23.3 Å². The number of hydrogen-bond acceptors (Lipinski definition) is 6. The quantitative estimate of drug-likeness (QED) is 0.163. The van der Waals surface area contributed by atoms with Crippen molar-refractivity contribution in [2.75, 3.05) is 0 Å². The Kier molecular flexibility index (Phi) is 7.69. The summed E-state index contributed by atoms with van der Waals surface area (Å²) in [4.78, 5) is 25.7. The van der Waals surface area contributed by atoms with Crippen molar-refractivity contribution in [3.05, 3.63) is 163 Å². The number of nitrogens with zero attached hydrogens (tertiary/aromatic N) is 5. The van der Waals surface area contributed by atoms with Gasteiger partial charge in [0.1, 0.15) is 11.2 Å². The SMILES string of the molecule is c1ccc(-c2nc(-c3cccc(-c4nc(-c5ccccc5)nc(-c5cccc6oc7ccccc7c56)n4)c3)cc(-c3cccc(C45CCC(CC4)C5)c3)n2)cc1. The summed E-state index contributed by atoms with van der Waals surface area (Å²) in [6, 6.07) is 54.1. The van der Waals surface area contributed by atoms with Crippen LogP contribution >= 0.6 is 0 Å². The highest BCUT2D eigenvalue weighted by Crippen LogP contribution is 2.55. The molecule has 2 saturated carbocycles. The maximum Gasteiger partial charge on any atom is 0.164 e. The highest BCUT2D eigenvalue weighted by Gasteiger charge is 2.45. The van der Waals surface area contributed by atoms with Gasteiger partial charge in [0.2, 0.25) is 0 Å². The molecule has 0 amide bonds. The van der Waals surface area contributed by atoms with Gasteiger partial charge in [-0.1, -0.05) is 127 Å². The summed E-state index contributed by atoms with van der Waals surface area (Å²) < 4.78 is 6.25. The molecule has 268 valence electrons. The van der Waals surface area contributed by atoms with Crippen LogP contribution in [0.3, 0.4) is 0 Å². The van der Waals surface area contributed by atoms with Crippen LogP contribution in [0.2, 0.25) is 0 Å². The molecule has 6 nitrogen and oxygen atoms in total. The van der Waals surface area contributed by atoms with E-state index < -0.39 is 0 Å². The van der Waals surface area contributed by atoms with E-state index in [1.807, 2.05) is 78.9 Å². The van der Waals surface area contributed by atoms with Gasteiger partial charge in [-0.15, -0.1) is 0 Å². The normalized spacial score (nSPS) is 17.5. The Balaban J connectivity index is 1.06. The third kappa shape index (κ3) is 5.68. The number of benzene rings is 6. The fraction of sp³-hybridized carbons (Fsp3) is 0.140. The minimum atomic E-state index is 0.311. The number of para-hydroxylation sites is 1. The second kappa shape index (κ2) is 13.2. The average molecular weight is 724 g/mol. The molecule has 11 rings (SSSR count). The van der Waals surface area contributed by atoms with E-state index in [0.29, 0.717) is 28.7 Å². The van der Waals surface area contributed by atoms with E-state index in [-0.39, 0.29) is 0 Å². The van der Waals surface area contributed by atoms with Crippen LogP contribution in [0, 0.1) is 5.92 Å². The van der Waals surface area contributed by atoms with Crippen LogP contribution in [0.25, 0.3) is 90.0 Å². The smallest absolute Gasteiger partial charge is 0.164 e. The van der Waals surface area contributed by atoms with Gasteiger partial charge in [-0.2, -0.15) is 0 Å². The number of furan rings is 1. The molecule has 9 aromatic rings. The molecule has 2 aliphatic carbocycles. The molecular formula is C50H37N5O. The van der Waals surface area contributed by atoms with Crippen molar-refractivity contribution in [3.8, 4) is 68.1 Å². The first-order valence-electron chi connectivity index (χ1n) is 19.5. The van der Waals surface area contributed by atoms with Gasteiger partial charge in [0, 0.05) is 44.2 Å². The molecule has 0 aliphatic heterocycles. The second-order valence-electron chi connectivity index (χ2n) is 15.4. The molecule has 6 aromatic carbocycles. The minimum absolute atomic E-state index is 0.311. The highest BCUT2D eigenvalue weighted by molar-refractivity contribution is 6.11. The minimum Gasteiger partial charge on any atom is -0.456 e. The predicted molar refractivity (Wildman–Crippen MR) is 224 cm³/mol. The van der Waals surface area contributed by atoms with Crippen molar-refractivity contribution in [1.29, 1.82) is 0 Å². The molecule has 0 saturated heterocycles. The molecule has 3 heterocycles. The molecular weight excluding hydrogens is 687 g/mol. The van der Waals surface area contributed by atoms with Gasteiger partial charge in [0.05, 0.1) is 11.4 Å². The van der Waals surface area contributed by atoms with Crippen molar-refractivity contribution >= 4 is 21.9 Å². The number of fused-ring (bicyclic) bond motifs is 5. The van der Waals surface area contributed by atoms with Crippen LogP contribution in [0.15, 0.2) is 162 Å². The van der Waals surface area contributed by atoms with Crippen molar-refractivity contribution in [3.63, 3.8) is 0 Å². The zero-order valence-electron chi connectivity index (χ0n) is 30.8. The number of hydrogen-bond donors (Lipinski definition) is 0. The van der Waals surface area contributed by atoms with Crippen molar-refractivity contribution in [1.82, 2.24) is 24.9 Å². The van der Waals surface area contributed by atoms with Crippen LogP contribution in [0.4, 0.5) is 0 Å². The summed E-state index contributed by atoms with van der Waals surface area (Å²) in [6.45, 7) is 0. The molecule has 3 aromatic heterocycles. The van der Waals surface area contributed by atoms with Gasteiger partial charge in [-0.3, -0.25) is 0 Å². The highest BCUT2D eigenvalue weighted by atomic mass is 16.3. The molecule has 0 N–H and O–H groups in total. The molecule has 2 aliphatic rings. The van der Waals surface area contributed by atoms with Crippen molar-refractivity contribution in [2.24, 2.45) is 5.92 Å². The van der Waals surface area contributed by atoms with Gasteiger partial charge in [0.25, 0.3) is 0 Å².